The van der Waals surface area contributed by atoms with Crippen molar-refractivity contribution in [2.45, 2.75) is 12.8 Å². The number of carbonyl (C=O) groups excluding carboxylic acids is 2. The van der Waals surface area contributed by atoms with E-state index in [0.29, 0.717) is 24.2 Å². The summed E-state index contributed by atoms with van der Waals surface area (Å²) in [7, 11) is 0. The number of fused-ring (bicyclic) bond motifs is 1. The normalized spacial score (nSPS) is 13.7. The average molecular weight is 414 g/mol. The van der Waals surface area contributed by atoms with Gasteiger partial charge < -0.3 is 4.90 Å². The van der Waals surface area contributed by atoms with Gasteiger partial charge in [-0.25, -0.2) is 14.3 Å². The van der Waals surface area contributed by atoms with Crippen molar-refractivity contribution in [1.82, 2.24) is 19.4 Å². The third-order valence-electron chi connectivity index (χ3n) is 5.23. The molecule has 3 heterocycles. The highest BCUT2D eigenvalue weighted by molar-refractivity contribution is 6.01. The van der Waals surface area contributed by atoms with Crippen molar-refractivity contribution in [3.63, 3.8) is 0 Å². The number of benzene rings is 2. The molecule has 0 spiro atoms. The van der Waals surface area contributed by atoms with Crippen LogP contribution in [0, 0.1) is 0 Å². The summed E-state index contributed by atoms with van der Waals surface area (Å²) >= 11 is 0. The van der Waals surface area contributed by atoms with Crippen molar-refractivity contribution in [3.8, 4) is 5.69 Å². The Labute approximate surface area is 176 Å². The molecule has 0 aliphatic carbocycles. The molecule has 1 fully saturated rings. The van der Waals surface area contributed by atoms with Gasteiger partial charge >= 0.3 is 0 Å². The molecule has 9 heteroatoms. The van der Waals surface area contributed by atoms with E-state index >= 15 is 0 Å². The molecule has 2 aromatic heterocycles. The van der Waals surface area contributed by atoms with E-state index in [-0.39, 0.29) is 11.3 Å². The molecule has 31 heavy (non-hydrogen) atoms. The molecule has 1 aliphatic heterocycles. The van der Waals surface area contributed by atoms with Crippen LogP contribution in [-0.2, 0) is 4.79 Å². The van der Waals surface area contributed by atoms with Crippen LogP contribution < -0.4 is 15.9 Å². The van der Waals surface area contributed by atoms with Crippen molar-refractivity contribution in [2.75, 3.05) is 16.9 Å². The van der Waals surface area contributed by atoms with E-state index < -0.39 is 11.5 Å². The average Bonchev–Trinajstić information content (AvgIpc) is 3.43. The Bertz CT molecular complexity index is 1340. The summed E-state index contributed by atoms with van der Waals surface area (Å²) in [5, 5.41) is 4.54. The van der Waals surface area contributed by atoms with Gasteiger partial charge in [-0.1, -0.05) is 18.2 Å². The molecular formula is C22H18N6O3. The van der Waals surface area contributed by atoms with Crippen LogP contribution in [0.3, 0.4) is 0 Å². The van der Waals surface area contributed by atoms with Crippen molar-refractivity contribution in [1.29, 1.82) is 0 Å². The van der Waals surface area contributed by atoms with Crippen molar-refractivity contribution in [3.05, 3.63) is 83.0 Å². The SMILES string of the molecule is O=C(Nn1cnc2c(cnn2-c2ccccc2)c1=O)c1ccc(N2CCCC2=O)cc1. The second-order valence-corrected chi connectivity index (χ2v) is 7.19. The molecule has 4 aromatic rings. The lowest BCUT2D eigenvalue weighted by Gasteiger charge is -2.16. The third-order valence-corrected chi connectivity index (χ3v) is 5.23. The molecule has 1 aliphatic rings. The zero-order valence-corrected chi connectivity index (χ0v) is 16.4. The Hall–Kier alpha value is -4.27. The smallest absolute Gasteiger partial charge is 0.283 e. The van der Waals surface area contributed by atoms with E-state index in [4.69, 9.17) is 0 Å². The molecule has 5 rings (SSSR count). The van der Waals surface area contributed by atoms with Gasteiger partial charge in [0, 0.05) is 24.2 Å². The minimum Gasteiger partial charge on any atom is -0.312 e. The number of amides is 2. The highest BCUT2D eigenvalue weighted by Crippen LogP contribution is 2.21. The van der Waals surface area contributed by atoms with Crippen LogP contribution in [0.5, 0.6) is 0 Å². The van der Waals surface area contributed by atoms with Gasteiger partial charge in [-0.2, -0.15) is 5.10 Å². The van der Waals surface area contributed by atoms with E-state index in [1.807, 2.05) is 30.3 Å². The van der Waals surface area contributed by atoms with E-state index in [1.165, 1.54) is 12.5 Å². The lowest BCUT2D eigenvalue weighted by atomic mass is 10.2. The van der Waals surface area contributed by atoms with Crippen LogP contribution >= 0.6 is 0 Å². The van der Waals surface area contributed by atoms with Gasteiger partial charge in [-0.3, -0.25) is 19.8 Å². The van der Waals surface area contributed by atoms with Crippen LogP contribution in [0.2, 0.25) is 0 Å². The van der Waals surface area contributed by atoms with Gasteiger partial charge in [0.15, 0.2) is 5.65 Å². The van der Waals surface area contributed by atoms with Crippen LogP contribution in [0.15, 0.2) is 71.9 Å². The molecule has 0 bridgehead atoms. The van der Waals surface area contributed by atoms with Crippen molar-refractivity contribution < 1.29 is 9.59 Å². The molecule has 0 unspecified atom stereocenters. The molecule has 154 valence electrons. The number of hydrogen-bond acceptors (Lipinski definition) is 5. The molecular weight excluding hydrogens is 396 g/mol. The first-order valence-electron chi connectivity index (χ1n) is 9.84. The standard InChI is InChI=1S/C22H18N6O3/c29-19-7-4-12-26(19)16-10-8-15(9-11-16)21(30)25-27-14-23-20-18(22(27)31)13-24-28(20)17-5-2-1-3-6-17/h1-3,5-6,8-11,13-14H,4,7,12H2,(H,25,30). The number of nitrogens with one attached hydrogen (secondary N) is 1. The first-order chi connectivity index (χ1) is 15.1. The minimum atomic E-state index is -0.460. The van der Waals surface area contributed by atoms with Gasteiger partial charge in [-0.05, 0) is 42.8 Å². The van der Waals surface area contributed by atoms with Gasteiger partial charge in [0.2, 0.25) is 5.91 Å². The fourth-order valence-electron chi connectivity index (χ4n) is 3.64. The topological polar surface area (TPSA) is 102 Å². The zero-order valence-electron chi connectivity index (χ0n) is 16.4. The Morgan fingerprint density at radius 2 is 1.74 bits per heavy atom. The van der Waals surface area contributed by atoms with Gasteiger partial charge in [0.1, 0.15) is 11.7 Å². The summed E-state index contributed by atoms with van der Waals surface area (Å²) < 4.78 is 2.61. The quantitative estimate of drug-likeness (QED) is 0.551. The maximum Gasteiger partial charge on any atom is 0.283 e. The maximum atomic E-state index is 12.8. The number of aromatic nitrogens is 4. The molecule has 2 aromatic carbocycles. The summed E-state index contributed by atoms with van der Waals surface area (Å²) in [4.78, 5) is 43.3. The number of rotatable bonds is 4. The first-order valence-corrected chi connectivity index (χ1v) is 9.84. The van der Waals surface area contributed by atoms with Crippen LogP contribution in [0.1, 0.15) is 23.2 Å². The van der Waals surface area contributed by atoms with E-state index in [9.17, 15) is 14.4 Å². The van der Waals surface area contributed by atoms with Gasteiger partial charge in [0.25, 0.3) is 11.5 Å². The molecule has 0 saturated carbocycles. The van der Waals surface area contributed by atoms with E-state index in [1.54, 1.807) is 33.8 Å². The number of para-hydroxylation sites is 1. The molecule has 1 saturated heterocycles. The molecule has 2 amide bonds. The fourth-order valence-corrected chi connectivity index (χ4v) is 3.64. The largest absolute Gasteiger partial charge is 0.312 e. The third kappa shape index (κ3) is 3.35. The summed E-state index contributed by atoms with van der Waals surface area (Å²) in [5.41, 5.74) is 4.42. The van der Waals surface area contributed by atoms with Crippen molar-refractivity contribution >= 4 is 28.5 Å². The predicted octanol–water partition coefficient (Wildman–Crippen LogP) is 2.09. The fraction of sp³-hybridized carbons (Fsp3) is 0.136. The first kappa shape index (κ1) is 18.7. The lowest BCUT2D eigenvalue weighted by molar-refractivity contribution is -0.117. The highest BCUT2D eigenvalue weighted by atomic mass is 16.2. The number of nitrogens with zero attached hydrogens (tertiary/aromatic N) is 5. The van der Waals surface area contributed by atoms with Gasteiger partial charge in [0.05, 0.1) is 11.9 Å². The Balaban J connectivity index is 1.39. The summed E-state index contributed by atoms with van der Waals surface area (Å²) in [6.07, 6.45) is 4.07. The Morgan fingerprint density at radius 3 is 2.45 bits per heavy atom. The van der Waals surface area contributed by atoms with Crippen LogP contribution in [0.25, 0.3) is 16.7 Å². The summed E-state index contributed by atoms with van der Waals surface area (Å²) in [6, 6.07) is 16.1. The predicted molar refractivity (Wildman–Crippen MR) is 115 cm³/mol. The van der Waals surface area contributed by atoms with E-state index in [0.717, 1.165) is 22.5 Å². The molecule has 9 nitrogen and oxygen atoms in total. The molecule has 0 atom stereocenters. The second-order valence-electron chi connectivity index (χ2n) is 7.19. The van der Waals surface area contributed by atoms with Gasteiger partial charge in [-0.15, -0.1) is 0 Å². The van der Waals surface area contributed by atoms with Crippen molar-refractivity contribution in [2.24, 2.45) is 0 Å². The Kier molecular flexibility index (Phi) is 4.55. The molecule has 0 radical (unpaired) electrons. The summed E-state index contributed by atoms with van der Waals surface area (Å²) in [5.74, 6) is -0.378. The lowest BCUT2D eigenvalue weighted by Crippen LogP contribution is -2.33. The highest BCUT2D eigenvalue weighted by Gasteiger charge is 2.22. The second kappa shape index (κ2) is 7.52. The monoisotopic (exact) mass is 414 g/mol. The minimum absolute atomic E-state index is 0.0826. The zero-order chi connectivity index (χ0) is 21.4. The van der Waals surface area contributed by atoms with Crippen LogP contribution in [0.4, 0.5) is 5.69 Å². The maximum absolute atomic E-state index is 12.8. The number of carbonyl (C=O) groups is 2. The van der Waals surface area contributed by atoms with E-state index in [2.05, 4.69) is 15.5 Å². The summed E-state index contributed by atoms with van der Waals surface area (Å²) in [6.45, 7) is 0.683. The number of hydrogen-bond donors (Lipinski definition) is 1. The Morgan fingerprint density at radius 1 is 0.968 bits per heavy atom. The van der Waals surface area contributed by atoms with Crippen LogP contribution in [-0.4, -0.2) is 37.8 Å². The number of anilines is 1. The molecule has 1 N–H and O–H groups in total.